The number of nitrogens with zero attached hydrogens (tertiary/aromatic N) is 1. The van der Waals surface area contributed by atoms with Gasteiger partial charge in [0.15, 0.2) is 0 Å². The lowest BCUT2D eigenvalue weighted by atomic mass is 10.1. The molecule has 2 aliphatic heterocycles. The lowest BCUT2D eigenvalue weighted by molar-refractivity contribution is 0.239. The molecule has 2 atom stereocenters. The fourth-order valence-corrected chi connectivity index (χ4v) is 3.93. The molecule has 2 nitrogen and oxygen atoms in total. The Morgan fingerprint density at radius 3 is 2.87 bits per heavy atom. The van der Waals surface area contributed by atoms with Crippen molar-refractivity contribution in [2.75, 3.05) is 24.6 Å². The smallest absolute Gasteiger partial charge is 0.0209 e. The number of thioether (sulfide) groups is 1. The van der Waals surface area contributed by atoms with Gasteiger partial charge in [-0.15, -0.1) is 0 Å². The first-order valence-corrected chi connectivity index (χ1v) is 7.49. The van der Waals surface area contributed by atoms with E-state index < -0.39 is 0 Å². The normalized spacial score (nSPS) is 33.8. The van der Waals surface area contributed by atoms with Crippen LogP contribution in [0, 0.1) is 0 Å². The Bertz CT molecular complexity index is 190. The third-order valence-electron chi connectivity index (χ3n) is 3.44. The largest absolute Gasteiger partial charge is 0.310 e. The fourth-order valence-electron chi connectivity index (χ4n) is 2.74. The third-order valence-corrected chi connectivity index (χ3v) is 4.64. The second kappa shape index (κ2) is 5.55. The number of hydrogen-bond acceptors (Lipinski definition) is 3. The molecule has 2 aliphatic rings. The van der Waals surface area contributed by atoms with E-state index in [-0.39, 0.29) is 0 Å². The highest BCUT2D eigenvalue weighted by atomic mass is 32.2. The van der Waals surface area contributed by atoms with Crippen LogP contribution in [0.4, 0.5) is 0 Å². The van der Waals surface area contributed by atoms with Gasteiger partial charge in [0.25, 0.3) is 0 Å². The summed E-state index contributed by atoms with van der Waals surface area (Å²) in [4.78, 5) is 2.71. The van der Waals surface area contributed by atoms with Crippen molar-refractivity contribution in [3.8, 4) is 0 Å². The molecule has 2 rings (SSSR count). The summed E-state index contributed by atoms with van der Waals surface area (Å²) < 4.78 is 0. The highest BCUT2D eigenvalue weighted by Gasteiger charge is 2.29. The van der Waals surface area contributed by atoms with E-state index in [1.807, 2.05) is 0 Å². The number of nitrogens with one attached hydrogen (secondary N) is 1. The Hall–Kier alpha value is 0.270. The Morgan fingerprint density at radius 1 is 1.33 bits per heavy atom. The molecule has 2 fully saturated rings. The van der Waals surface area contributed by atoms with Gasteiger partial charge in [-0.25, -0.2) is 0 Å². The van der Waals surface area contributed by atoms with Crippen LogP contribution in [0.15, 0.2) is 0 Å². The zero-order valence-corrected chi connectivity index (χ0v) is 10.9. The van der Waals surface area contributed by atoms with Gasteiger partial charge in [-0.3, -0.25) is 4.90 Å². The molecule has 0 bridgehead atoms. The van der Waals surface area contributed by atoms with Crippen molar-refractivity contribution in [2.45, 2.75) is 51.2 Å². The molecule has 0 aromatic carbocycles. The minimum absolute atomic E-state index is 0.635. The maximum absolute atomic E-state index is 3.66. The topological polar surface area (TPSA) is 15.3 Å². The van der Waals surface area contributed by atoms with Crippen LogP contribution in [0.25, 0.3) is 0 Å². The molecule has 88 valence electrons. The maximum atomic E-state index is 3.66. The van der Waals surface area contributed by atoms with Crippen molar-refractivity contribution >= 4 is 11.8 Å². The van der Waals surface area contributed by atoms with E-state index in [9.17, 15) is 0 Å². The zero-order valence-electron chi connectivity index (χ0n) is 10.0. The Labute approximate surface area is 98.2 Å². The summed E-state index contributed by atoms with van der Waals surface area (Å²) in [5.74, 6) is 2.76. The van der Waals surface area contributed by atoms with Crippen molar-refractivity contribution in [3.05, 3.63) is 0 Å². The van der Waals surface area contributed by atoms with Crippen LogP contribution in [0.5, 0.6) is 0 Å². The Kier molecular flexibility index (Phi) is 4.35. The van der Waals surface area contributed by atoms with Gasteiger partial charge < -0.3 is 5.32 Å². The third kappa shape index (κ3) is 3.36. The van der Waals surface area contributed by atoms with Crippen LogP contribution >= 0.6 is 11.8 Å². The average molecular weight is 228 g/mol. The molecule has 2 saturated heterocycles. The quantitative estimate of drug-likeness (QED) is 0.795. The predicted molar refractivity (Wildman–Crippen MR) is 68.6 cm³/mol. The standard InChI is InChI=1S/C12H24N2S/c1-10(2)13-11-5-6-14(8-11)12-4-3-7-15-9-12/h10-13H,3-9H2,1-2H3. The molecular formula is C12H24N2S. The molecular weight excluding hydrogens is 204 g/mol. The van der Waals surface area contributed by atoms with E-state index in [1.165, 1.54) is 43.9 Å². The Balaban J connectivity index is 1.76. The summed E-state index contributed by atoms with van der Waals surface area (Å²) in [6, 6.07) is 2.26. The molecule has 0 amide bonds. The molecule has 2 heterocycles. The highest BCUT2D eigenvalue weighted by Crippen LogP contribution is 2.24. The zero-order chi connectivity index (χ0) is 10.7. The van der Waals surface area contributed by atoms with Gasteiger partial charge in [-0.1, -0.05) is 13.8 Å². The Morgan fingerprint density at radius 2 is 2.20 bits per heavy atom. The van der Waals surface area contributed by atoms with Gasteiger partial charge in [0.1, 0.15) is 0 Å². The van der Waals surface area contributed by atoms with Crippen LogP contribution < -0.4 is 5.32 Å². The first-order valence-electron chi connectivity index (χ1n) is 6.33. The average Bonchev–Trinajstić information content (AvgIpc) is 2.67. The molecule has 0 radical (unpaired) electrons. The molecule has 0 spiro atoms. The van der Waals surface area contributed by atoms with Crippen molar-refractivity contribution < 1.29 is 0 Å². The molecule has 2 unspecified atom stereocenters. The van der Waals surface area contributed by atoms with E-state index in [0.717, 1.165) is 12.1 Å². The molecule has 15 heavy (non-hydrogen) atoms. The second-order valence-electron chi connectivity index (χ2n) is 5.17. The molecule has 0 aromatic rings. The minimum atomic E-state index is 0.635. The van der Waals surface area contributed by atoms with E-state index >= 15 is 0 Å². The molecule has 0 saturated carbocycles. The maximum Gasteiger partial charge on any atom is 0.0209 e. The van der Waals surface area contributed by atoms with Gasteiger partial charge >= 0.3 is 0 Å². The molecule has 3 heteroatoms. The minimum Gasteiger partial charge on any atom is -0.310 e. The summed E-state index contributed by atoms with van der Waals surface area (Å²) in [6.45, 7) is 7.09. The van der Waals surface area contributed by atoms with Gasteiger partial charge in [0, 0.05) is 37.0 Å². The van der Waals surface area contributed by atoms with Crippen LogP contribution in [0.3, 0.4) is 0 Å². The van der Waals surface area contributed by atoms with Gasteiger partial charge in [-0.05, 0) is 25.0 Å². The van der Waals surface area contributed by atoms with Crippen molar-refractivity contribution in [2.24, 2.45) is 0 Å². The number of rotatable bonds is 3. The van der Waals surface area contributed by atoms with E-state index in [4.69, 9.17) is 0 Å². The summed E-state index contributed by atoms with van der Waals surface area (Å²) in [5, 5.41) is 3.66. The molecule has 1 N–H and O–H groups in total. The predicted octanol–water partition coefficient (Wildman–Crippen LogP) is 1.95. The van der Waals surface area contributed by atoms with E-state index in [0.29, 0.717) is 6.04 Å². The number of hydrogen-bond donors (Lipinski definition) is 1. The van der Waals surface area contributed by atoms with Crippen molar-refractivity contribution in [1.82, 2.24) is 10.2 Å². The summed E-state index contributed by atoms with van der Waals surface area (Å²) in [6.07, 6.45) is 4.20. The van der Waals surface area contributed by atoms with Crippen LogP contribution in [-0.4, -0.2) is 47.6 Å². The van der Waals surface area contributed by atoms with Gasteiger partial charge in [0.2, 0.25) is 0 Å². The van der Waals surface area contributed by atoms with Gasteiger partial charge in [-0.2, -0.15) is 11.8 Å². The van der Waals surface area contributed by atoms with E-state index in [1.54, 1.807) is 0 Å². The molecule has 0 aliphatic carbocycles. The lowest BCUT2D eigenvalue weighted by Gasteiger charge is -2.30. The summed E-state index contributed by atoms with van der Waals surface area (Å²) in [5.41, 5.74) is 0. The van der Waals surface area contributed by atoms with Crippen molar-refractivity contribution in [3.63, 3.8) is 0 Å². The van der Waals surface area contributed by atoms with Crippen LogP contribution in [0.1, 0.15) is 33.1 Å². The summed E-state index contributed by atoms with van der Waals surface area (Å²) in [7, 11) is 0. The summed E-state index contributed by atoms with van der Waals surface area (Å²) >= 11 is 2.14. The van der Waals surface area contributed by atoms with Gasteiger partial charge in [0.05, 0.1) is 0 Å². The van der Waals surface area contributed by atoms with Crippen molar-refractivity contribution in [1.29, 1.82) is 0 Å². The first kappa shape index (κ1) is 11.7. The SMILES string of the molecule is CC(C)NC1CCN(C2CCCSC2)C1. The first-order chi connectivity index (χ1) is 7.25. The number of likely N-dealkylation sites (tertiary alicyclic amines) is 1. The van der Waals surface area contributed by atoms with E-state index in [2.05, 4.69) is 35.8 Å². The molecule has 0 aromatic heterocycles. The highest BCUT2D eigenvalue weighted by molar-refractivity contribution is 7.99. The van der Waals surface area contributed by atoms with Crippen LogP contribution in [-0.2, 0) is 0 Å². The fraction of sp³-hybridized carbons (Fsp3) is 1.00. The van der Waals surface area contributed by atoms with Crippen LogP contribution in [0.2, 0.25) is 0 Å². The monoisotopic (exact) mass is 228 g/mol. The lowest BCUT2D eigenvalue weighted by Crippen LogP contribution is -2.41. The second-order valence-corrected chi connectivity index (χ2v) is 6.32.